The van der Waals surface area contributed by atoms with E-state index in [9.17, 15) is 0 Å². The van der Waals surface area contributed by atoms with Crippen molar-refractivity contribution in [3.05, 3.63) is 41.3 Å². The Morgan fingerprint density at radius 3 is 2.90 bits per heavy atom. The van der Waals surface area contributed by atoms with Crippen molar-refractivity contribution in [3.63, 3.8) is 0 Å². The molecule has 0 aliphatic rings. The van der Waals surface area contributed by atoms with E-state index in [4.69, 9.17) is 27.7 Å². The SMILES string of the molecule is ClCCc1nc2c(Cl)cccc2n1CCc1ncno1. The van der Waals surface area contributed by atoms with Crippen LogP contribution >= 0.6 is 23.2 Å². The second-order valence-electron chi connectivity index (χ2n) is 4.31. The molecule has 7 heteroatoms. The first kappa shape index (κ1) is 13.4. The Bertz CT molecular complexity index is 709. The lowest BCUT2D eigenvalue weighted by molar-refractivity contribution is 0.371. The average Bonchev–Trinajstić information content (AvgIpc) is 3.05. The molecule has 0 atom stereocenters. The molecule has 3 rings (SSSR count). The van der Waals surface area contributed by atoms with Crippen LogP contribution in [0.5, 0.6) is 0 Å². The Balaban J connectivity index is 1.98. The van der Waals surface area contributed by atoms with Crippen molar-refractivity contribution in [2.24, 2.45) is 0 Å². The predicted molar refractivity (Wildman–Crippen MR) is 77.2 cm³/mol. The van der Waals surface area contributed by atoms with Gasteiger partial charge in [-0.25, -0.2) is 4.98 Å². The summed E-state index contributed by atoms with van der Waals surface area (Å²) in [7, 11) is 0. The van der Waals surface area contributed by atoms with Crippen LogP contribution in [0.2, 0.25) is 5.02 Å². The molecule has 0 spiro atoms. The number of hydrogen-bond acceptors (Lipinski definition) is 4. The van der Waals surface area contributed by atoms with Gasteiger partial charge in [-0.3, -0.25) is 0 Å². The minimum absolute atomic E-state index is 0.515. The maximum Gasteiger partial charge on any atom is 0.228 e. The van der Waals surface area contributed by atoms with Crippen LogP contribution in [0.25, 0.3) is 11.0 Å². The number of aromatic nitrogens is 4. The van der Waals surface area contributed by atoms with Crippen LogP contribution in [-0.2, 0) is 19.4 Å². The zero-order chi connectivity index (χ0) is 13.9. The number of fused-ring (bicyclic) bond motifs is 1. The summed E-state index contributed by atoms with van der Waals surface area (Å²) in [6.45, 7) is 0.700. The summed E-state index contributed by atoms with van der Waals surface area (Å²) in [6.07, 6.45) is 2.74. The van der Waals surface area contributed by atoms with Gasteiger partial charge in [0.25, 0.3) is 0 Å². The van der Waals surface area contributed by atoms with Crippen molar-refractivity contribution in [1.82, 2.24) is 19.7 Å². The molecular weight excluding hydrogens is 299 g/mol. The third kappa shape index (κ3) is 2.51. The maximum absolute atomic E-state index is 6.19. The largest absolute Gasteiger partial charge is 0.340 e. The Labute approximate surface area is 125 Å². The van der Waals surface area contributed by atoms with Gasteiger partial charge in [0, 0.05) is 25.3 Å². The van der Waals surface area contributed by atoms with Gasteiger partial charge in [-0.15, -0.1) is 11.6 Å². The highest BCUT2D eigenvalue weighted by Crippen LogP contribution is 2.24. The summed E-state index contributed by atoms with van der Waals surface area (Å²) in [6, 6.07) is 5.75. The summed E-state index contributed by atoms with van der Waals surface area (Å²) < 4.78 is 7.13. The molecule has 0 N–H and O–H groups in total. The number of aryl methyl sites for hydroxylation is 3. The Morgan fingerprint density at radius 1 is 1.25 bits per heavy atom. The molecule has 0 unspecified atom stereocenters. The first-order valence-corrected chi connectivity index (χ1v) is 7.16. The molecule has 0 bridgehead atoms. The second kappa shape index (κ2) is 5.81. The van der Waals surface area contributed by atoms with Crippen LogP contribution in [0.1, 0.15) is 11.7 Å². The summed E-state index contributed by atoms with van der Waals surface area (Å²) >= 11 is 12.0. The van der Waals surface area contributed by atoms with E-state index < -0.39 is 0 Å². The maximum atomic E-state index is 6.19. The van der Waals surface area contributed by atoms with Crippen molar-refractivity contribution in [3.8, 4) is 0 Å². The first-order chi connectivity index (χ1) is 9.79. The number of alkyl halides is 1. The smallest absolute Gasteiger partial charge is 0.228 e. The van der Waals surface area contributed by atoms with Gasteiger partial charge < -0.3 is 9.09 Å². The molecular formula is C13H12Cl2N4O. The topological polar surface area (TPSA) is 56.7 Å². The minimum atomic E-state index is 0.515. The number of nitrogens with zero attached hydrogens (tertiary/aromatic N) is 4. The van der Waals surface area contributed by atoms with Crippen molar-refractivity contribution >= 4 is 34.2 Å². The zero-order valence-corrected chi connectivity index (χ0v) is 12.1. The molecule has 2 aromatic heterocycles. The monoisotopic (exact) mass is 310 g/mol. The van der Waals surface area contributed by atoms with Crippen LogP contribution in [-0.4, -0.2) is 25.6 Å². The number of imidazole rings is 1. The van der Waals surface area contributed by atoms with Gasteiger partial charge in [-0.2, -0.15) is 4.98 Å². The molecule has 0 fully saturated rings. The molecule has 1 aromatic carbocycles. The molecule has 0 aliphatic carbocycles. The Hall–Kier alpha value is -1.59. The van der Waals surface area contributed by atoms with E-state index >= 15 is 0 Å². The lowest BCUT2D eigenvalue weighted by atomic mass is 10.3. The number of benzene rings is 1. The highest BCUT2D eigenvalue weighted by molar-refractivity contribution is 6.34. The van der Waals surface area contributed by atoms with Crippen LogP contribution < -0.4 is 0 Å². The molecule has 2 heterocycles. The van der Waals surface area contributed by atoms with Crippen LogP contribution in [0.15, 0.2) is 29.0 Å². The van der Waals surface area contributed by atoms with E-state index in [0.717, 1.165) is 16.9 Å². The normalized spacial score (nSPS) is 11.3. The molecule has 3 aromatic rings. The molecule has 104 valence electrons. The van der Waals surface area contributed by atoms with Crippen LogP contribution in [0.4, 0.5) is 0 Å². The molecule has 0 saturated carbocycles. The third-order valence-corrected chi connectivity index (χ3v) is 3.58. The lowest BCUT2D eigenvalue weighted by Crippen LogP contribution is -2.07. The standard InChI is InChI=1S/C13H12Cl2N4O/c14-6-4-11-18-13-9(15)2-1-3-10(13)19(11)7-5-12-16-8-17-20-12/h1-3,8H,4-7H2. The lowest BCUT2D eigenvalue weighted by Gasteiger charge is -2.06. The fraction of sp³-hybridized carbons (Fsp3) is 0.308. The Morgan fingerprint density at radius 2 is 2.15 bits per heavy atom. The summed E-state index contributed by atoms with van der Waals surface area (Å²) in [5, 5.41) is 4.25. The number of hydrogen-bond donors (Lipinski definition) is 0. The molecule has 0 radical (unpaired) electrons. The van der Waals surface area contributed by atoms with Gasteiger partial charge in [-0.1, -0.05) is 22.8 Å². The molecule has 5 nitrogen and oxygen atoms in total. The zero-order valence-electron chi connectivity index (χ0n) is 10.6. The summed E-state index contributed by atoms with van der Waals surface area (Å²) in [4.78, 5) is 8.61. The van der Waals surface area contributed by atoms with E-state index in [1.54, 1.807) is 0 Å². The minimum Gasteiger partial charge on any atom is -0.340 e. The second-order valence-corrected chi connectivity index (χ2v) is 5.10. The molecule has 20 heavy (non-hydrogen) atoms. The van der Waals surface area contributed by atoms with Crippen LogP contribution in [0, 0.1) is 0 Å². The highest BCUT2D eigenvalue weighted by atomic mass is 35.5. The fourth-order valence-corrected chi connectivity index (χ4v) is 2.58. The van der Waals surface area contributed by atoms with Gasteiger partial charge in [0.1, 0.15) is 11.3 Å². The van der Waals surface area contributed by atoms with Gasteiger partial charge in [0.15, 0.2) is 6.33 Å². The van der Waals surface area contributed by atoms with Gasteiger partial charge >= 0.3 is 0 Å². The highest BCUT2D eigenvalue weighted by Gasteiger charge is 2.13. The molecule has 0 amide bonds. The van der Waals surface area contributed by atoms with E-state index in [0.29, 0.717) is 36.2 Å². The van der Waals surface area contributed by atoms with E-state index in [1.807, 2.05) is 18.2 Å². The van der Waals surface area contributed by atoms with E-state index in [1.165, 1.54) is 6.33 Å². The van der Waals surface area contributed by atoms with E-state index in [2.05, 4.69) is 19.7 Å². The number of para-hydroxylation sites is 1. The molecule has 0 saturated heterocycles. The van der Waals surface area contributed by atoms with Crippen molar-refractivity contribution in [1.29, 1.82) is 0 Å². The summed E-state index contributed by atoms with van der Waals surface area (Å²) in [5.41, 5.74) is 1.80. The number of halogens is 2. The quantitative estimate of drug-likeness (QED) is 0.679. The fourth-order valence-electron chi connectivity index (χ4n) is 2.20. The van der Waals surface area contributed by atoms with Crippen LogP contribution in [0.3, 0.4) is 0 Å². The number of rotatable bonds is 5. The Kier molecular flexibility index (Phi) is 3.89. The molecule has 0 aliphatic heterocycles. The van der Waals surface area contributed by atoms with Crippen molar-refractivity contribution < 1.29 is 4.52 Å². The van der Waals surface area contributed by atoms with Crippen molar-refractivity contribution in [2.75, 3.05) is 5.88 Å². The van der Waals surface area contributed by atoms with E-state index in [-0.39, 0.29) is 0 Å². The predicted octanol–water partition coefficient (Wildman–Crippen LogP) is 3.10. The van der Waals surface area contributed by atoms with Gasteiger partial charge in [0.2, 0.25) is 5.89 Å². The van der Waals surface area contributed by atoms with Gasteiger partial charge in [0.05, 0.1) is 10.5 Å². The van der Waals surface area contributed by atoms with Crippen molar-refractivity contribution in [2.45, 2.75) is 19.4 Å². The average molecular weight is 311 g/mol. The summed E-state index contributed by atoms with van der Waals surface area (Å²) in [5.74, 6) is 2.04. The third-order valence-electron chi connectivity index (χ3n) is 3.08. The first-order valence-electron chi connectivity index (χ1n) is 6.24. The van der Waals surface area contributed by atoms with Gasteiger partial charge in [-0.05, 0) is 12.1 Å².